The molecule has 156 valence electrons. The molecule has 1 aliphatic heterocycles. The van der Waals surface area contributed by atoms with Gasteiger partial charge in [-0.25, -0.2) is 8.78 Å². The van der Waals surface area contributed by atoms with Crippen LogP contribution in [-0.2, 0) is 4.79 Å². The number of hydrogen-bond donors (Lipinski definition) is 4. The number of carbonyl (C=O) groups excluding carboxylic acids is 1. The van der Waals surface area contributed by atoms with E-state index in [-0.39, 0.29) is 17.3 Å². The molecule has 1 aromatic carbocycles. The summed E-state index contributed by atoms with van der Waals surface area (Å²) >= 11 is 0. The topological polar surface area (TPSA) is 85.7 Å². The molecule has 9 heteroatoms. The first kappa shape index (κ1) is 21.9. The second-order valence-corrected chi connectivity index (χ2v) is 6.76. The highest BCUT2D eigenvalue weighted by Gasteiger charge is 2.25. The minimum absolute atomic E-state index is 0.0555. The van der Waals surface area contributed by atoms with Crippen LogP contribution in [0.4, 0.5) is 20.2 Å². The molecule has 1 saturated heterocycles. The number of carbonyl (C=O) groups is 1. The molecule has 1 aromatic rings. The Kier molecular flexibility index (Phi) is 8.46. The molecule has 0 saturated carbocycles. The minimum atomic E-state index is -0.642. The average Bonchev–Trinajstić information content (AvgIpc) is 2.67. The Labute approximate surface area is 164 Å². The summed E-state index contributed by atoms with van der Waals surface area (Å²) in [5.41, 5.74) is 6.48. The zero-order valence-electron chi connectivity index (χ0n) is 16.5. The van der Waals surface area contributed by atoms with E-state index < -0.39 is 11.6 Å². The van der Waals surface area contributed by atoms with Crippen molar-refractivity contribution < 1.29 is 13.6 Å². The summed E-state index contributed by atoms with van der Waals surface area (Å²) in [6, 6.07) is 2.49. The van der Waals surface area contributed by atoms with Gasteiger partial charge in [-0.05, 0) is 39.2 Å². The fourth-order valence-corrected chi connectivity index (χ4v) is 3.14. The number of anilines is 2. The van der Waals surface area contributed by atoms with Crippen molar-refractivity contribution in [1.82, 2.24) is 15.5 Å². The average molecular weight is 396 g/mol. The molecule has 1 fully saturated rings. The van der Waals surface area contributed by atoms with Gasteiger partial charge in [-0.1, -0.05) is 0 Å². The van der Waals surface area contributed by atoms with Gasteiger partial charge in [0.05, 0.1) is 0 Å². The highest BCUT2D eigenvalue weighted by molar-refractivity contribution is 5.76. The predicted molar refractivity (Wildman–Crippen MR) is 108 cm³/mol. The molecule has 1 amide bonds. The van der Waals surface area contributed by atoms with E-state index in [9.17, 15) is 13.6 Å². The maximum absolute atomic E-state index is 14.6. The van der Waals surface area contributed by atoms with E-state index in [1.807, 2.05) is 7.05 Å². The van der Waals surface area contributed by atoms with Crippen molar-refractivity contribution in [3.8, 4) is 0 Å². The summed E-state index contributed by atoms with van der Waals surface area (Å²) in [5, 5.41) is 8.70. The molecule has 28 heavy (non-hydrogen) atoms. The lowest BCUT2D eigenvalue weighted by Crippen LogP contribution is -2.49. The van der Waals surface area contributed by atoms with Crippen molar-refractivity contribution in [2.45, 2.75) is 12.8 Å². The number of likely N-dealkylation sites (N-methyl/N-ethyl adjacent to an activating group) is 1. The summed E-state index contributed by atoms with van der Waals surface area (Å²) in [6.45, 7) is 2.97. The summed E-state index contributed by atoms with van der Waals surface area (Å²) in [4.78, 5) is 15.6. The normalized spacial score (nSPS) is 15.1. The van der Waals surface area contributed by atoms with Crippen molar-refractivity contribution in [3.05, 3.63) is 35.7 Å². The van der Waals surface area contributed by atoms with Crippen LogP contribution in [0.15, 0.2) is 24.0 Å². The third-order valence-corrected chi connectivity index (χ3v) is 4.59. The second kappa shape index (κ2) is 10.8. The zero-order valence-corrected chi connectivity index (χ0v) is 16.5. The Hall–Kier alpha value is -2.39. The van der Waals surface area contributed by atoms with Crippen LogP contribution >= 0.6 is 0 Å². The molecule has 0 bridgehead atoms. The Morgan fingerprint density at radius 3 is 2.36 bits per heavy atom. The van der Waals surface area contributed by atoms with Crippen molar-refractivity contribution >= 4 is 17.3 Å². The highest BCUT2D eigenvalue weighted by atomic mass is 19.1. The number of nitrogens with zero attached hydrogens (tertiary/aromatic N) is 2. The number of amides is 1. The van der Waals surface area contributed by atoms with Gasteiger partial charge in [0.1, 0.15) is 5.69 Å². The molecule has 0 unspecified atom stereocenters. The Balaban J connectivity index is 1.97. The van der Waals surface area contributed by atoms with Crippen LogP contribution in [0.25, 0.3) is 0 Å². The van der Waals surface area contributed by atoms with Gasteiger partial charge >= 0.3 is 0 Å². The monoisotopic (exact) mass is 396 g/mol. The molecule has 0 radical (unpaired) electrons. The number of rotatable bonds is 9. The molecule has 7 nitrogen and oxygen atoms in total. The lowest BCUT2D eigenvalue weighted by molar-refractivity contribution is -0.131. The van der Waals surface area contributed by atoms with Crippen molar-refractivity contribution in [3.63, 3.8) is 0 Å². The fraction of sp³-hybridized carbons (Fsp3) is 0.526. The van der Waals surface area contributed by atoms with Crippen LogP contribution in [0.1, 0.15) is 12.8 Å². The Morgan fingerprint density at radius 1 is 1.14 bits per heavy atom. The molecule has 0 atom stereocenters. The van der Waals surface area contributed by atoms with E-state index in [2.05, 4.69) is 16.0 Å². The van der Waals surface area contributed by atoms with Gasteiger partial charge in [-0.15, -0.1) is 0 Å². The summed E-state index contributed by atoms with van der Waals surface area (Å²) < 4.78 is 29.1. The van der Waals surface area contributed by atoms with Gasteiger partial charge in [0, 0.05) is 56.7 Å². The SMILES string of the molecule is CNCCCC(=O)N1CCN(c2c(F)cc(N/C=C(\N)CNC)cc2F)CC1. The van der Waals surface area contributed by atoms with Gasteiger partial charge < -0.3 is 31.5 Å². The Morgan fingerprint density at radius 2 is 1.79 bits per heavy atom. The van der Waals surface area contributed by atoms with Crippen LogP contribution in [0.2, 0.25) is 0 Å². The fourth-order valence-electron chi connectivity index (χ4n) is 3.14. The van der Waals surface area contributed by atoms with E-state index in [0.717, 1.165) is 13.0 Å². The van der Waals surface area contributed by atoms with Crippen molar-refractivity contribution in [1.29, 1.82) is 0 Å². The summed E-state index contributed by atoms with van der Waals surface area (Å²) in [5.74, 6) is -1.20. The number of hydrogen-bond acceptors (Lipinski definition) is 6. The van der Waals surface area contributed by atoms with Crippen molar-refractivity contribution in [2.24, 2.45) is 5.73 Å². The quantitative estimate of drug-likeness (QED) is 0.467. The molecule has 0 spiro atoms. The third kappa shape index (κ3) is 6.07. The largest absolute Gasteiger partial charge is 0.400 e. The molecule has 1 heterocycles. The van der Waals surface area contributed by atoms with E-state index in [0.29, 0.717) is 44.8 Å². The van der Waals surface area contributed by atoms with E-state index in [1.165, 1.54) is 18.3 Å². The first-order chi connectivity index (χ1) is 13.5. The summed E-state index contributed by atoms with van der Waals surface area (Å²) in [7, 11) is 3.60. The van der Waals surface area contributed by atoms with Crippen LogP contribution in [-0.4, -0.2) is 64.2 Å². The minimum Gasteiger partial charge on any atom is -0.400 e. The summed E-state index contributed by atoms with van der Waals surface area (Å²) in [6.07, 6.45) is 2.76. The predicted octanol–water partition coefficient (Wildman–Crippen LogP) is 1.04. The van der Waals surface area contributed by atoms with Gasteiger partial charge in [-0.3, -0.25) is 4.79 Å². The third-order valence-electron chi connectivity index (χ3n) is 4.59. The van der Waals surface area contributed by atoms with E-state index in [1.54, 1.807) is 16.8 Å². The van der Waals surface area contributed by atoms with E-state index >= 15 is 0 Å². The highest BCUT2D eigenvalue weighted by Crippen LogP contribution is 2.28. The van der Waals surface area contributed by atoms with E-state index in [4.69, 9.17) is 5.73 Å². The Bertz CT molecular complexity index is 666. The van der Waals surface area contributed by atoms with Gasteiger partial charge in [-0.2, -0.15) is 0 Å². The first-order valence-electron chi connectivity index (χ1n) is 9.48. The molecule has 1 aliphatic rings. The van der Waals surface area contributed by atoms with Crippen LogP contribution in [0, 0.1) is 11.6 Å². The molecule has 2 rings (SSSR count). The van der Waals surface area contributed by atoms with Crippen LogP contribution < -0.4 is 26.6 Å². The number of piperazine rings is 1. The maximum atomic E-state index is 14.6. The zero-order chi connectivity index (χ0) is 20.5. The smallest absolute Gasteiger partial charge is 0.222 e. The second-order valence-electron chi connectivity index (χ2n) is 6.76. The van der Waals surface area contributed by atoms with Crippen molar-refractivity contribution in [2.75, 3.05) is 63.6 Å². The first-order valence-corrected chi connectivity index (χ1v) is 9.48. The lowest BCUT2D eigenvalue weighted by atomic mass is 10.2. The molecule has 0 aromatic heterocycles. The standard InChI is InChI=1S/C19H30F2N6O/c1-23-5-3-4-18(28)26-6-8-27(9-7-26)19-16(20)10-15(11-17(19)21)25-13-14(22)12-24-2/h10-11,13,23-25H,3-9,12,22H2,1-2H3/b14-13-. The number of benzene rings is 1. The number of nitrogens with two attached hydrogens (primary N) is 1. The van der Waals surface area contributed by atoms with Gasteiger partial charge in [0.15, 0.2) is 11.6 Å². The molecular weight excluding hydrogens is 366 g/mol. The molecular formula is C19H30F2N6O. The number of nitrogens with one attached hydrogen (secondary N) is 3. The van der Waals surface area contributed by atoms with Crippen LogP contribution in [0.5, 0.6) is 0 Å². The van der Waals surface area contributed by atoms with Crippen LogP contribution in [0.3, 0.4) is 0 Å². The maximum Gasteiger partial charge on any atom is 0.222 e. The molecule has 5 N–H and O–H groups in total. The van der Waals surface area contributed by atoms with Gasteiger partial charge in [0.25, 0.3) is 0 Å². The number of halogens is 2. The van der Waals surface area contributed by atoms with Gasteiger partial charge in [0.2, 0.25) is 5.91 Å². The molecule has 0 aliphatic carbocycles. The lowest BCUT2D eigenvalue weighted by Gasteiger charge is -2.36.